The summed E-state index contributed by atoms with van der Waals surface area (Å²) >= 11 is 0. The number of carbonyl (C=O) groups excluding carboxylic acids is 1. The van der Waals surface area contributed by atoms with Crippen molar-refractivity contribution in [3.63, 3.8) is 0 Å². The standard InChI is InChI=1S/C21H22N4O3/c1-27-13-7-12-22-20-15-23-18(14-24-20)21(26)25-17-10-5-6-11-19(17)28-16-8-3-2-4-9-16/h2-6,8-11,14-15H,7,12-13H2,1H3,(H,22,24)(H,25,26). The van der Waals surface area contributed by atoms with Crippen molar-refractivity contribution in [3.8, 4) is 11.5 Å². The number of ether oxygens (including phenoxy) is 2. The molecule has 28 heavy (non-hydrogen) atoms. The highest BCUT2D eigenvalue weighted by molar-refractivity contribution is 6.03. The summed E-state index contributed by atoms with van der Waals surface area (Å²) in [7, 11) is 1.66. The van der Waals surface area contributed by atoms with Crippen LogP contribution in [-0.4, -0.2) is 36.1 Å². The topological polar surface area (TPSA) is 85.4 Å². The molecule has 3 rings (SSSR count). The van der Waals surface area contributed by atoms with Crippen LogP contribution in [0.3, 0.4) is 0 Å². The summed E-state index contributed by atoms with van der Waals surface area (Å²) in [5.74, 6) is 1.49. The maximum Gasteiger partial charge on any atom is 0.275 e. The van der Waals surface area contributed by atoms with E-state index in [-0.39, 0.29) is 11.6 Å². The first-order valence-corrected chi connectivity index (χ1v) is 8.94. The number of benzene rings is 2. The highest BCUT2D eigenvalue weighted by Gasteiger charge is 2.12. The first kappa shape index (κ1) is 19.3. The Morgan fingerprint density at radius 1 is 1.00 bits per heavy atom. The summed E-state index contributed by atoms with van der Waals surface area (Å²) in [6.07, 6.45) is 3.83. The fourth-order valence-corrected chi connectivity index (χ4v) is 2.43. The number of carbonyl (C=O) groups is 1. The lowest BCUT2D eigenvalue weighted by atomic mass is 10.2. The Bertz CT molecular complexity index is 886. The van der Waals surface area contributed by atoms with E-state index in [1.165, 1.54) is 12.4 Å². The zero-order valence-electron chi connectivity index (χ0n) is 15.6. The number of amides is 1. The first-order valence-electron chi connectivity index (χ1n) is 8.94. The van der Waals surface area contributed by atoms with Crippen molar-refractivity contribution in [3.05, 3.63) is 72.7 Å². The van der Waals surface area contributed by atoms with Crippen molar-refractivity contribution in [2.75, 3.05) is 30.9 Å². The number of aromatic nitrogens is 2. The van der Waals surface area contributed by atoms with Crippen LogP contribution in [0.25, 0.3) is 0 Å². The van der Waals surface area contributed by atoms with Gasteiger partial charge in [-0.25, -0.2) is 9.97 Å². The summed E-state index contributed by atoms with van der Waals surface area (Å²) < 4.78 is 10.9. The average Bonchev–Trinajstić information content (AvgIpc) is 2.74. The molecule has 0 fully saturated rings. The molecule has 144 valence electrons. The Hall–Kier alpha value is -3.45. The van der Waals surface area contributed by atoms with Crippen LogP contribution in [0.5, 0.6) is 11.5 Å². The van der Waals surface area contributed by atoms with Crippen molar-refractivity contribution in [1.82, 2.24) is 9.97 Å². The molecule has 0 aliphatic carbocycles. The predicted octanol–water partition coefficient (Wildman–Crippen LogP) is 3.97. The number of anilines is 2. The molecule has 0 saturated carbocycles. The molecule has 7 heteroatoms. The Kier molecular flexibility index (Phi) is 6.92. The largest absolute Gasteiger partial charge is 0.455 e. The summed E-state index contributed by atoms with van der Waals surface area (Å²) in [5, 5.41) is 5.95. The smallest absolute Gasteiger partial charge is 0.275 e. The molecule has 2 aromatic carbocycles. The van der Waals surface area contributed by atoms with E-state index in [1.807, 2.05) is 42.5 Å². The van der Waals surface area contributed by atoms with Gasteiger partial charge in [0.1, 0.15) is 17.3 Å². The molecule has 0 aliphatic heterocycles. The van der Waals surface area contributed by atoms with Crippen LogP contribution in [0.4, 0.5) is 11.5 Å². The highest BCUT2D eigenvalue weighted by Crippen LogP contribution is 2.29. The van der Waals surface area contributed by atoms with Crippen LogP contribution < -0.4 is 15.4 Å². The third-order valence-corrected chi connectivity index (χ3v) is 3.82. The maximum atomic E-state index is 12.5. The van der Waals surface area contributed by atoms with Crippen LogP contribution in [0.2, 0.25) is 0 Å². The monoisotopic (exact) mass is 378 g/mol. The molecule has 0 unspecified atom stereocenters. The molecule has 0 atom stereocenters. The Balaban J connectivity index is 1.63. The Labute approximate surface area is 163 Å². The molecule has 7 nitrogen and oxygen atoms in total. The predicted molar refractivity (Wildman–Crippen MR) is 108 cm³/mol. The van der Waals surface area contributed by atoms with E-state index in [0.29, 0.717) is 29.6 Å². The van der Waals surface area contributed by atoms with Gasteiger partial charge in [0.2, 0.25) is 0 Å². The van der Waals surface area contributed by atoms with Gasteiger partial charge in [-0.05, 0) is 30.7 Å². The third-order valence-electron chi connectivity index (χ3n) is 3.82. The number of rotatable bonds is 9. The molecule has 1 aromatic heterocycles. The van der Waals surface area contributed by atoms with Gasteiger partial charge < -0.3 is 20.1 Å². The van der Waals surface area contributed by atoms with Crippen LogP contribution in [-0.2, 0) is 4.74 Å². The van der Waals surface area contributed by atoms with Crippen LogP contribution in [0.15, 0.2) is 67.0 Å². The van der Waals surface area contributed by atoms with Gasteiger partial charge in [0, 0.05) is 20.3 Å². The zero-order chi connectivity index (χ0) is 19.6. The molecule has 1 amide bonds. The lowest BCUT2D eigenvalue weighted by Gasteiger charge is -2.12. The lowest BCUT2D eigenvalue weighted by molar-refractivity contribution is 0.102. The minimum absolute atomic E-state index is 0.219. The van der Waals surface area contributed by atoms with Gasteiger partial charge in [0.15, 0.2) is 5.75 Å². The van der Waals surface area contributed by atoms with Crippen molar-refractivity contribution < 1.29 is 14.3 Å². The molecular weight excluding hydrogens is 356 g/mol. The van der Waals surface area contributed by atoms with Gasteiger partial charge in [-0.2, -0.15) is 0 Å². The van der Waals surface area contributed by atoms with E-state index in [2.05, 4.69) is 20.6 Å². The minimum atomic E-state index is -0.359. The number of para-hydroxylation sites is 3. The summed E-state index contributed by atoms with van der Waals surface area (Å²) in [5.41, 5.74) is 0.775. The van der Waals surface area contributed by atoms with Gasteiger partial charge in [-0.1, -0.05) is 30.3 Å². The molecular formula is C21H22N4O3. The maximum absolute atomic E-state index is 12.5. The highest BCUT2D eigenvalue weighted by atomic mass is 16.5. The lowest BCUT2D eigenvalue weighted by Crippen LogP contribution is -2.15. The quantitative estimate of drug-likeness (QED) is 0.548. The summed E-state index contributed by atoms with van der Waals surface area (Å²) in [4.78, 5) is 20.9. The molecule has 0 radical (unpaired) electrons. The number of hydrogen-bond acceptors (Lipinski definition) is 6. The van der Waals surface area contributed by atoms with Crippen LogP contribution in [0.1, 0.15) is 16.9 Å². The van der Waals surface area contributed by atoms with Gasteiger partial charge in [-0.15, -0.1) is 0 Å². The van der Waals surface area contributed by atoms with E-state index in [1.54, 1.807) is 19.2 Å². The van der Waals surface area contributed by atoms with E-state index in [0.717, 1.165) is 13.0 Å². The minimum Gasteiger partial charge on any atom is -0.455 e. The van der Waals surface area contributed by atoms with Crippen molar-refractivity contribution in [1.29, 1.82) is 0 Å². The third kappa shape index (κ3) is 5.52. The number of nitrogens with zero attached hydrogens (tertiary/aromatic N) is 2. The SMILES string of the molecule is COCCCNc1cnc(C(=O)Nc2ccccc2Oc2ccccc2)cn1. The van der Waals surface area contributed by atoms with E-state index < -0.39 is 0 Å². The number of methoxy groups -OCH3 is 1. The van der Waals surface area contributed by atoms with E-state index in [4.69, 9.17) is 9.47 Å². The zero-order valence-corrected chi connectivity index (χ0v) is 15.6. The fraction of sp³-hybridized carbons (Fsp3) is 0.190. The average molecular weight is 378 g/mol. The molecule has 0 spiro atoms. The van der Waals surface area contributed by atoms with E-state index in [9.17, 15) is 4.79 Å². The summed E-state index contributed by atoms with van der Waals surface area (Å²) in [6.45, 7) is 1.39. The van der Waals surface area contributed by atoms with Gasteiger partial charge >= 0.3 is 0 Å². The van der Waals surface area contributed by atoms with Crippen molar-refractivity contribution >= 4 is 17.4 Å². The van der Waals surface area contributed by atoms with Crippen molar-refractivity contribution in [2.45, 2.75) is 6.42 Å². The summed E-state index contributed by atoms with van der Waals surface area (Å²) in [6, 6.07) is 16.6. The first-order chi connectivity index (χ1) is 13.8. The van der Waals surface area contributed by atoms with Gasteiger partial charge in [0.05, 0.1) is 18.1 Å². The second-order valence-corrected chi connectivity index (χ2v) is 5.93. The Morgan fingerprint density at radius 3 is 2.54 bits per heavy atom. The number of nitrogens with one attached hydrogen (secondary N) is 2. The molecule has 0 aliphatic rings. The molecule has 1 heterocycles. The van der Waals surface area contributed by atoms with Crippen LogP contribution >= 0.6 is 0 Å². The van der Waals surface area contributed by atoms with Gasteiger partial charge in [0.25, 0.3) is 5.91 Å². The normalized spacial score (nSPS) is 10.3. The van der Waals surface area contributed by atoms with Crippen molar-refractivity contribution in [2.24, 2.45) is 0 Å². The van der Waals surface area contributed by atoms with Crippen LogP contribution in [0, 0.1) is 0 Å². The fourth-order valence-electron chi connectivity index (χ4n) is 2.43. The number of hydrogen-bond donors (Lipinski definition) is 2. The Morgan fingerprint density at radius 2 is 1.79 bits per heavy atom. The molecule has 2 N–H and O–H groups in total. The second-order valence-electron chi connectivity index (χ2n) is 5.93. The van der Waals surface area contributed by atoms with Gasteiger partial charge in [-0.3, -0.25) is 4.79 Å². The molecule has 3 aromatic rings. The van der Waals surface area contributed by atoms with E-state index >= 15 is 0 Å². The molecule has 0 bridgehead atoms. The second kappa shape index (κ2) is 10.0. The molecule has 0 saturated heterocycles.